The number of rotatable bonds is 10. The fraction of sp³-hybridized carbons (Fsp3) is 0.483. The van der Waals surface area contributed by atoms with Crippen LogP contribution in [-0.4, -0.2) is 59.0 Å². The minimum absolute atomic E-state index is 0.0557. The number of carboxylic acid groups (broad SMARTS) is 1. The van der Waals surface area contributed by atoms with E-state index in [0.29, 0.717) is 24.1 Å². The summed E-state index contributed by atoms with van der Waals surface area (Å²) >= 11 is 0. The van der Waals surface area contributed by atoms with Gasteiger partial charge in [0, 0.05) is 6.54 Å². The van der Waals surface area contributed by atoms with Crippen LogP contribution in [0.15, 0.2) is 65.8 Å². The molecule has 0 bridgehead atoms. The lowest BCUT2D eigenvalue weighted by Gasteiger charge is -2.35. The molecule has 0 aromatic heterocycles. The molecule has 10 nitrogen and oxygen atoms in total. The van der Waals surface area contributed by atoms with Crippen LogP contribution in [0.5, 0.6) is 0 Å². The number of piperidine rings is 1. The van der Waals surface area contributed by atoms with Gasteiger partial charge >= 0.3 is 12.1 Å². The number of benzene rings is 2. The van der Waals surface area contributed by atoms with E-state index >= 15 is 0 Å². The highest BCUT2D eigenvalue weighted by molar-refractivity contribution is 7.89. The lowest BCUT2D eigenvalue weighted by Crippen LogP contribution is -2.52. The predicted molar refractivity (Wildman–Crippen MR) is 152 cm³/mol. The second-order valence-electron chi connectivity index (χ2n) is 10.5. The maximum Gasteiger partial charge on any atom is 0.408 e. The highest BCUT2D eigenvalue weighted by atomic mass is 32.2. The van der Waals surface area contributed by atoms with Crippen molar-refractivity contribution < 1.29 is 28.0 Å². The Balaban J connectivity index is 1.54. The third kappa shape index (κ3) is 7.60. The van der Waals surface area contributed by atoms with Gasteiger partial charge in [0.1, 0.15) is 0 Å². The number of carbonyl (C=O) groups excluding carboxylic acids is 1. The van der Waals surface area contributed by atoms with Gasteiger partial charge in [-0.05, 0) is 42.7 Å². The zero-order chi connectivity index (χ0) is 28.5. The summed E-state index contributed by atoms with van der Waals surface area (Å²) in [5.74, 6) is -0.827. The summed E-state index contributed by atoms with van der Waals surface area (Å²) in [6.07, 6.45) is 5.69. The number of amides is 1. The normalized spacial score (nSPS) is 20.0. The Morgan fingerprint density at radius 2 is 1.60 bits per heavy atom. The van der Waals surface area contributed by atoms with E-state index in [2.05, 4.69) is 5.16 Å². The van der Waals surface area contributed by atoms with Crippen LogP contribution in [0.2, 0.25) is 0 Å². The summed E-state index contributed by atoms with van der Waals surface area (Å²) in [5, 5.41) is 13.9. The first-order valence-electron chi connectivity index (χ1n) is 13.9. The first kappa shape index (κ1) is 29.5. The third-order valence-electron chi connectivity index (χ3n) is 7.66. The fourth-order valence-corrected chi connectivity index (χ4v) is 7.75. The van der Waals surface area contributed by atoms with Crippen LogP contribution in [0.3, 0.4) is 0 Å². The van der Waals surface area contributed by atoms with E-state index in [1.54, 1.807) is 54.6 Å². The summed E-state index contributed by atoms with van der Waals surface area (Å²) in [5.41, 5.74) is 7.36. The van der Waals surface area contributed by atoms with E-state index in [1.807, 2.05) is 6.07 Å². The summed E-state index contributed by atoms with van der Waals surface area (Å²) in [6.45, 7) is 0.278. The van der Waals surface area contributed by atoms with Crippen LogP contribution >= 0.6 is 0 Å². The predicted octanol–water partition coefficient (Wildman–Crippen LogP) is 4.49. The Bertz CT molecular complexity index is 1270. The second-order valence-corrected chi connectivity index (χ2v) is 12.5. The summed E-state index contributed by atoms with van der Waals surface area (Å²) in [4.78, 5) is 31.9. The van der Waals surface area contributed by atoms with Gasteiger partial charge in [0.05, 0.1) is 18.3 Å². The highest BCUT2D eigenvalue weighted by Crippen LogP contribution is 2.29. The van der Waals surface area contributed by atoms with E-state index in [4.69, 9.17) is 10.6 Å². The van der Waals surface area contributed by atoms with Gasteiger partial charge in [-0.2, -0.15) is 4.31 Å². The van der Waals surface area contributed by atoms with Crippen molar-refractivity contribution in [2.24, 2.45) is 16.8 Å². The van der Waals surface area contributed by atoms with Crippen molar-refractivity contribution in [2.75, 3.05) is 12.3 Å². The zero-order valence-electron chi connectivity index (χ0n) is 22.6. The van der Waals surface area contributed by atoms with E-state index in [-0.39, 0.29) is 24.1 Å². The van der Waals surface area contributed by atoms with Gasteiger partial charge in [-0.3, -0.25) is 4.90 Å². The Kier molecular flexibility index (Phi) is 10.2. The first-order chi connectivity index (χ1) is 19.3. The minimum Gasteiger partial charge on any atom is -0.465 e. The number of hydrogen-bond donors (Lipinski definition) is 2. The maximum absolute atomic E-state index is 13.4. The molecular formula is C29H38N4O6S. The van der Waals surface area contributed by atoms with Crippen LogP contribution in [0.4, 0.5) is 4.79 Å². The Hall–Kier alpha value is -3.44. The SMILES string of the molecule is NC(=NOC(=O)[C@H](c1ccccc1)N(Cc1ccccc1)C(=O)O)[C@@H]1CCCCN1S(=O)(=O)CC1CCCCC1. The molecule has 2 fully saturated rings. The van der Waals surface area contributed by atoms with Crippen LogP contribution in [0, 0.1) is 5.92 Å². The molecule has 1 heterocycles. The van der Waals surface area contributed by atoms with Gasteiger partial charge in [-0.1, -0.05) is 91.5 Å². The maximum atomic E-state index is 13.4. The molecule has 2 aromatic carbocycles. The van der Waals surface area contributed by atoms with E-state index in [0.717, 1.165) is 49.8 Å². The monoisotopic (exact) mass is 570 g/mol. The molecule has 0 unspecified atom stereocenters. The van der Waals surface area contributed by atoms with Gasteiger partial charge in [0.15, 0.2) is 11.9 Å². The average Bonchev–Trinajstić information content (AvgIpc) is 2.97. The molecule has 4 rings (SSSR count). The molecule has 1 aliphatic heterocycles. The highest BCUT2D eigenvalue weighted by Gasteiger charge is 2.37. The average molecular weight is 571 g/mol. The van der Waals surface area contributed by atoms with Crippen LogP contribution in [0.1, 0.15) is 68.5 Å². The molecule has 0 spiro atoms. The number of sulfonamides is 1. The van der Waals surface area contributed by atoms with Gasteiger partial charge in [-0.15, -0.1) is 0 Å². The molecule has 1 saturated carbocycles. The first-order valence-corrected chi connectivity index (χ1v) is 15.5. The van der Waals surface area contributed by atoms with Gasteiger partial charge in [-0.25, -0.2) is 18.0 Å². The van der Waals surface area contributed by atoms with Crippen molar-refractivity contribution in [3.63, 3.8) is 0 Å². The minimum atomic E-state index is -3.59. The van der Waals surface area contributed by atoms with Gasteiger partial charge < -0.3 is 15.7 Å². The van der Waals surface area contributed by atoms with E-state index in [1.165, 1.54) is 4.31 Å². The number of amidine groups is 1. The summed E-state index contributed by atoms with van der Waals surface area (Å²) in [7, 11) is -3.59. The van der Waals surface area contributed by atoms with Gasteiger partial charge in [0.25, 0.3) is 0 Å². The zero-order valence-corrected chi connectivity index (χ0v) is 23.4. The van der Waals surface area contributed by atoms with Crippen LogP contribution in [-0.2, 0) is 26.2 Å². The molecule has 1 aliphatic carbocycles. The van der Waals surface area contributed by atoms with Crippen molar-refractivity contribution in [3.05, 3.63) is 71.8 Å². The molecule has 216 valence electrons. The number of carbonyl (C=O) groups is 2. The summed E-state index contributed by atoms with van der Waals surface area (Å²) in [6, 6.07) is 15.3. The van der Waals surface area contributed by atoms with Crippen molar-refractivity contribution in [2.45, 2.75) is 70.0 Å². The Morgan fingerprint density at radius 3 is 2.25 bits per heavy atom. The molecule has 3 N–H and O–H groups in total. The number of nitrogens with zero attached hydrogens (tertiary/aromatic N) is 3. The smallest absolute Gasteiger partial charge is 0.408 e. The van der Waals surface area contributed by atoms with E-state index < -0.39 is 34.2 Å². The van der Waals surface area contributed by atoms with Crippen molar-refractivity contribution in [1.82, 2.24) is 9.21 Å². The number of oxime groups is 1. The third-order valence-corrected chi connectivity index (χ3v) is 9.70. The Morgan fingerprint density at radius 1 is 0.975 bits per heavy atom. The molecule has 2 atom stereocenters. The lowest BCUT2D eigenvalue weighted by atomic mass is 9.91. The Labute approximate surface area is 235 Å². The molecule has 0 radical (unpaired) electrons. The molecule has 40 heavy (non-hydrogen) atoms. The fourth-order valence-electron chi connectivity index (χ4n) is 5.62. The van der Waals surface area contributed by atoms with Crippen molar-refractivity contribution >= 4 is 27.9 Å². The number of hydrogen-bond acceptors (Lipinski definition) is 6. The lowest BCUT2D eigenvalue weighted by molar-refractivity contribution is -0.150. The quantitative estimate of drug-likeness (QED) is 0.185. The summed E-state index contributed by atoms with van der Waals surface area (Å²) < 4.78 is 28.2. The largest absolute Gasteiger partial charge is 0.465 e. The molecule has 1 saturated heterocycles. The second kappa shape index (κ2) is 13.8. The van der Waals surface area contributed by atoms with Crippen LogP contribution < -0.4 is 5.73 Å². The standard InChI is InChI=1S/C29H38N4O6S/c30-27(25-18-10-11-19-33(25)40(37,38)21-23-14-6-2-7-15-23)31-39-28(34)26(24-16-8-3-9-17-24)32(29(35)36)20-22-12-4-1-5-13-22/h1,3-5,8-9,12-13,16-17,23,25-26H,2,6-7,10-11,14-15,18-21H2,(H2,30,31)(H,35,36)/t25-,26-/m0/s1. The van der Waals surface area contributed by atoms with Gasteiger partial charge in [0.2, 0.25) is 10.0 Å². The molecule has 1 amide bonds. The molecular weight excluding hydrogens is 532 g/mol. The van der Waals surface area contributed by atoms with Crippen molar-refractivity contribution in [1.29, 1.82) is 0 Å². The molecule has 2 aromatic rings. The van der Waals surface area contributed by atoms with Crippen molar-refractivity contribution in [3.8, 4) is 0 Å². The van der Waals surface area contributed by atoms with Crippen LogP contribution in [0.25, 0.3) is 0 Å². The molecule has 11 heteroatoms. The number of nitrogens with two attached hydrogens (primary N) is 1. The topological polar surface area (TPSA) is 143 Å². The molecule has 2 aliphatic rings. The van der Waals surface area contributed by atoms with E-state index in [9.17, 15) is 23.1 Å².